The quantitative estimate of drug-likeness (QED) is 0.898. The van der Waals surface area contributed by atoms with E-state index in [9.17, 15) is 17.6 Å². The van der Waals surface area contributed by atoms with Gasteiger partial charge in [-0.1, -0.05) is 12.1 Å². The van der Waals surface area contributed by atoms with Crippen molar-refractivity contribution in [3.8, 4) is 0 Å². The molecular weight excluding hydrogens is 315 g/mol. The fraction of sp³-hybridized carbons (Fsp3) is 0.300. The Balaban J connectivity index is 2.83. The van der Waals surface area contributed by atoms with Crippen molar-refractivity contribution in [3.05, 3.63) is 34.1 Å². The Morgan fingerprint density at radius 2 is 2.06 bits per heavy atom. The van der Waals surface area contributed by atoms with E-state index >= 15 is 0 Å². The SMILES string of the molecule is O=C(O)CCS(=O)(=O)Cc1cccc(F)c1Br. The van der Waals surface area contributed by atoms with Gasteiger partial charge in [0, 0.05) is 0 Å². The number of halogens is 2. The number of hydrogen-bond donors (Lipinski definition) is 1. The summed E-state index contributed by atoms with van der Waals surface area (Å²) >= 11 is 2.96. The first-order valence-electron chi connectivity index (χ1n) is 4.67. The van der Waals surface area contributed by atoms with Crippen LogP contribution in [-0.4, -0.2) is 25.2 Å². The normalized spacial score (nSPS) is 11.4. The number of carboxylic acid groups (broad SMARTS) is 1. The van der Waals surface area contributed by atoms with Gasteiger partial charge >= 0.3 is 5.97 Å². The largest absolute Gasteiger partial charge is 0.481 e. The summed E-state index contributed by atoms with van der Waals surface area (Å²) in [6.45, 7) is 0. The Hall–Kier alpha value is -0.950. The van der Waals surface area contributed by atoms with Crippen molar-refractivity contribution in [3.63, 3.8) is 0 Å². The molecule has 7 heteroatoms. The smallest absolute Gasteiger partial charge is 0.304 e. The Morgan fingerprint density at radius 1 is 1.41 bits per heavy atom. The van der Waals surface area contributed by atoms with Crippen molar-refractivity contribution >= 4 is 31.7 Å². The van der Waals surface area contributed by atoms with Gasteiger partial charge in [-0.2, -0.15) is 0 Å². The van der Waals surface area contributed by atoms with Gasteiger partial charge in [0.2, 0.25) is 0 Å². The van der Waals surface area contributed by atoms with Gasteiger partial charge in [0.25, 0.3) is 0 Å². The molecule has 0 spiro atoms. The molecule has 0 aromatic heterocycles. The number of sulfone groups is 1. The van der Waals surface area contributed by atoms with E-state index in [-0.39, 0.29) is 15.8 Å². The zero-order valence-electron chi connectivity index (χ0n) is 8.69. The molecule has 0 bridgehead atoms. The van der Waals surface area contributed by atoms with Crippen LogP contribution < -0.4 is 0 Å². The zero-order valence-corrected chi connectivity index (χ0v) is 11.1. The van der Waals surface area contributed by atoms with Gasteiger partial charge < -0.3 is 5.11 Å². The molecule has 0 amide bonds. The lowest BCUT2D eigenvalue weighted by atomic mass is 10.2. The lowest BCUT2D eigenvalue weighted by molar-refractivity contribution is -0.136. The van der Waals surface area contributed by atoms with Gasteiger partial charge in [-0.3, -0.25) is 4.79 Å². The average molecular weight is 325 g/mol. The van der Waals surface area contributed by atoms with Gasteiger partial charge in [-0.05, 0) is 27.6 Å². The minimum absolute atomic E-state index is 0.0962. The molecular formula is C10H10BrFO4S. The van der Waals surface area contributed by atoms with E-state index in [4.69, 9.17) is 5.11 Å². The molecule has 0 saturated carbocycles. The minimum atomic E-state index is -3.55. The van der Waals surface area contributed by atoms with Crippen molar-refractivity contribution < 1.29 is 22.7 Å². The van der Waals surface area contributed by atoms with Crippen LogP contribution in [0.1, 0.15) is 12.0 Å². The topological polar surface area (TPSA) is 71.4 Å². The third kappa shape index (κ3) is 4.43. The summed E-state index contributed by atoms with van der Waals surface area (Å²) in [6.07, 6.45) is -0.449. The third-order valence-corrected chi connectivity index (χ3v) is 4.50. The molecule has 94 valence electrons. The average Bonchev–Trinajstić information content (AvgIpc) is 2.22. The van der Waals surface area contributed by atoms with Crippen molar-refractivity contribution in [2.45, 2.75) is 12.2 Å². The molecule has 4 nitrogen and oxygen atoms in total. The molecule has 0 aliphatic carbocycles. The maximum absolute atomic E-state index is 13.1. The van der Waals surface area contributed by atoms with Gasteiger partial charge in [0.1, 0.15) is 5.82 Å². The van der Waals surface area contributed by atoms with E-state index in [1.165, 1.54) is 18.2 Å². The van der Waals surface area contributed by atoms with Crippen LogP contribution in [0.5, 0.6) is 0 Å². The fourth-order valence-electron chi connectivity index (χ4n) is 1.21. The molecule has 0 aliphatic rings. The van der Waals surface area contributed by atoms with Crippen LogP contribution in [-0.2, 0) is 20.4 Å². The van der Waals surface area contributed by atoms with E-state index in [0.717, 1.165) is 0 Å². The van der Waals surface area contributed by atoms with Crippen molar-refractivity contribution in [2.75, 3.05) is 5.75 Å². The molecule has 0 aliphatic heterocycles. The second kappa shape index (κ2) is 5.59. The van der Waals surface area contributed by atoms with Crippen LogP contribution in [0, 0.1) is 5.82 Å². The summed E-state index contributed by atoms with van der Waals surface area (Å²) < 4.78 is 36.4. The summed E-state index contributed by atoms with van der Waals surface area (Å²) in [5, 5.41) is 8.41. The number of aliphatic carboxylic acids is 1. The molecule has 0 atom stereocenters. The van der Waals surface area contributed by atoms with Crippen LogP contribution >= 0.6 is 15.9 Å². The van der Waals surface area contributed by atoms with Crippen LogP contribution in [0.25, 0.3) is 0 Å². The van der Waals surface area contributed by atoms with Gasteiger partial charge in [0.15, 0.2) is 9.84 Å². The van der Waals surface area contributed by atoms with Crippen LogP contribution in [0.4, 0.5) is 4.39 Å². The molecule has 0 fully saturated rings. The minimum Gasteiger partial charge on any atom is -0.481 e. The Bertz CT molecular complexity index is 527. The molecule has 0 radical (unpaired) electrons. The first kappa shape index (κ1) is 14.1. The van der Waals surface area contributed by atoms with Crippen molar-refractivity contribution in [2.24, 2.45) is 0 Å². The molecule has 1 rings (SSSR count). The summed E-state index contributed by atoms with van der Waals surface area (Å²) in [7, 11) is -3.55. The Labute approximate surface area is 107 Å². The number of hydrogen-bond acceptors (Lipinski definition) is 3. The van der Waals surface area contributed by atoms with E-state index < -0.39 is 33.8 Å². The molecule has 1 N–H and O–H groups in total. The summed E-state index contributed by atoms with van der Waals surface area (Å²) in [5.41, 5.74) is 0.287. The Morgan fingerprint density at radius 3 is 2.65 bits per heavy atom. The number of rotatable bonds is 5. The van der Waals surface area contributed by atoms with Gasteiger partial charge in [0.05, 0.1) is 22.4 Å². The number of carboxylic acids is 1. The lowest BCUT2D eigenvalue weighted by Gasteiger charge is -2.06. The highest BCUT2D eigenvalue weighted by Crippen LogP contribution is 2.22. The van der Waals surface area contributed by atoms with Gasteiger partial charge in [-0.25, -0.2) is 12.8 Å². The molecule has 0 saturated heterocycles. The molecule has 17 heavy (non-hydrogen) atoms. The highest BCUT2D eigenvalue weighted by atomic mass is 79.9. The standard InChI is InChI=1S/C10H10BrFO4S/c11-10-7(2-1-3-8(10)12)6-17(15,16)5-4-9(13)14/h1-3H,4-6H2,(H,13,14). The zero-order chi connectivity index (χ0) is 13.1. The molecule has 1 aromatic rings. The van der Waals surface area contributed by atoms with Crippen molar-refractivity contribution in [1.82, 2.24) is 0 Å². The highest BCUT2D eigenvalue weighted by molar-refractivity contribution is 9.10. The van der Waals surface area contributed by atoms with Crippen LogP contribution in [0.3, 0.4) is 0 Å². The van der Waals surface area contributed by atoms with Gasteiger partial charge in [-0.15, -0.1) is 0 Å². The number of carbonyl (C=O) groups is 1. The Kier molecular flexibility index (Phi) is 4.64. The second-order valence-corrected chi connectivity index (χ2v) is 6.43. The first-order chi connectivity index (χ1) is 7.82. The van der Waals surface area contributed by atoms with Crippen molar-refractivity contribution in [1.29, 1.82) is 0 Å². The van der Waals surface area contributed by atoms with E-state index in [2.05, 4.69) is 15.9 Å². The van der Waals surface area contributed by atoms with E-state index in [1.807, 2.05) is 0 Å². The maximum Gasteiger partial charge on any atom is 0.304 e. The molecule has 0 unspecified atom stereocenters. The third-order valence-electron chi connectivity index (χ3n) is 2.03. The highest BCUT2D eigenvalue weighted by Gasteiger charge is 2.16. The molecule has 1 aromatic carbocycles. The summed E-state index contributed by atoms with van der Waals surface area (Å²) in [5.74, 6) is -2.55. The predicted molar refractivity (Wildman–Crippen MR) is 63.8 cm³/mol. The summed E-state index contributed by atoms with van der Waals surface area (Å²) in [6, 6.07) is 4.09. The second-order valence-electron chi connectivity index (χ2n) is 3.45. The predicted octanol–water partition coefficient (Wildman–Crippen LogP) is 1.98. The van der Waals surface area contributed by atoms with E-state index in [0.29, 0.717) is 0 Å². The molecule has 0 heterocycles. The number of benzene rings is 1. The monoisotopic (exact) mass is 324 g/mol. The van der Waals surface area contributed by atoms with Crippen LogP contribution in [0.2, 0.25) is 0 Å². The van der Waals surface area contributed by atoms with Crippen LogP contribution in [0.15, 0.2) is 22.7 Å². The summed E-state index contributed by atoms with van der Waals surface area (Å²) in [4.78, 5) is 10.3. The fourth-order valence-corrected chi connectivity index (χ4v) is 3.15. The maximum atomic E-state index is 13.1. The first-order valence-corrected chi connectivity index (χ1v) is 7.28. The lowest BCUT2D eigenvalue weighted by Crippen LogP contribution is -2.13. The van der Waals surface area contributed by atoms with E-state index in [1.54, 1.807) is 0 Å².